The maximum Gasteiger partial charge on any atom is 0.397 e. The third-order valence-corrected chi connectivity index (χ3v) is 2.04. The van der Waals surface area contributed by atoms with Crippen LogP contribution in [0.1, 0.15) is 34.1 Å². The molecule has 0 bridgehead atoms. The molecule has 1 amide bonds. The van der Waals surface area contributed by atoms with Gasteiger partial charge in [0.05, 0.1) is 0 Å². The van der Waals surface area contributed by atoms with Gasteiger partial charge >= 0.3 is 6.18 Å². The highest BCUT2D eigenvalue weighted by Crippen LogP contribution is 2.21. The highest BCUT2D eigenvalue weighted by molar-refractivity contribution is 5.76. The van der Waals surface area contributed by atoms with Gasteiger partial charge in [-0.2, -0.15) is 13.2 Å². The first kappa shape index (κ1) is 13.3. The standard InChI is InChI=1S/C9H16F3NO/c1-6(8(2,3)4)13-7(14)5-9(10,11)12/h6H,5H2,1-4H3,(H,13,14)/t6-/m1/s1. The summed E-state index contributed by atoms with van der Waals surface area (Å²) in [7, 11) is 0. The fourth-order valence-corrected chi connectivity index (χ4v) is 0.691. The van der Waals surface area contributed by atoms with E-state index in [1.807, 2.05) is 20.8 Å². The predicted octanol–water partition coefficient (Wildman–Crippen LogP) is 2.49. The largest absolute Gasteiger partial charge is 0.397 e. The van der Waals surface area contributed by atoms with Crippen LogP contribution >= 0.6 is 0 Å². The lowest BCUT2D eigenvalue weighted by Gasteiger charge is -2.28. The molecule has 0 spiro atoms. The Morgan fingerprint density at radius 1 is 1.29 bits per heavy atom. The molecule has 84 valence electrons. The fraction of sp³-hybridized carbons (Fsp3) is 0.889. The minimum absolute atomic E-state index is 0.235. The SMILES string of the molecule is C[C@@H](NC(=O)CC(F)(F)F)C(C)(C)C. The summed E-state index contributed by atoms with van der Waals surface area (Å²) in [5, 5.41) is 2.32. The molecule has 0 saturated carbocycles. The summed E-state index contributed by atoms with van der Waals surface area (Å²) in [5.41, 5.74) is -0.235. The van der Waals surface area contributed by atoms with Crippen LogP contribution in [0, 0.1) is 5.41 Å². The Balaban J connectivity index is 4.09. The van der Waals surface area contributed by atoms with E-state index in [-0.39, 0.29) is 11.5 Å². The van der Waals surface area contributed by atoms with E-state index in [4.69, 9.17) is 0 Å². The number of nitrogens with one attached hydrogen (secondary N) is 1. The molecule has 0 rings (SSSR count). The summed E-state index contributed by atoms with van der Waals surface area (Å²) in [6.45, 7) is 7.25. The number of hydrogen-bond donors (Lipinski definition) is 1. The first-order valence-corrected chi connectivity index (χ1v) is 4.38. The summed E-state index contributed by atoms with van der Waals surface area (Å²) in [6.07, 6.45) is -5.84. The van der Waals surface area contributed by atoms with Crippen molar-refractivity contribution in [3.8, 4) is 0 Å². The van der Waals surface area contributed by atoms with Gasteiger partial charge in [-0.15, -0.1) is 0 Å². The first-order chi connectivity index (χ1) is 6.02. The van der Waals surface area contributed by atoms with E-state index in [9.17, 15) is 18.0 Å². The van der Waals surface area contributed by atoms with Crippen LogP contribution in [0.5, 0.6) is 0 Å². The van der Waals surface area contributed by atoms with Gasteiger partial charge in [0.2, 0.25) is 5.91 Å². The summed E-state index contributed by atoms with van der Waals surface area (Å²) in [6, 6.07) is -0.280. The van der Waals surface area contributed by atoms with Crippen LogP contribution in [-0.4, -0.2) is 18.1 Å². The van der Waals surface area contributed by atoms with Gasteiger partial charge in [-0.1, -0.05) is 20.8 Å². The number of carbonyl (C=O) groups is 1. The smallest absolute Gasteiger partial charge is 0.353 e. The normalized spacial score (nSPS) is 15.1. The van der Waals surface area contributed by atoms with Crippen molar-refractivity contribution in [1.82, 2.24) is 5.32 Å². The van der Waals surface area contributed by atoms with Crippen molar-refractivity contribution >= 4 is 5.91 Å². The van der Waals surface area contributed by atoms with E-state index in [0.717, 1.165) is 0 Å². The lowest BCUT2D eigenvalue weighted by molar-refractivity contribution is -0.154. The summed E-state index contributed by atoms with van der Waals surface area (Å²) in [4.78, 5) is 10.9. The molecule has 1 N–H and O–H groups in total. The average molecular weight is 211 g/mol. The molecule has 0 unspecified atom stereocenters. The minimum Gasteiger partial charge on any atom is -0.353 e. The highest BCUT2D eigenvalue weighted by Gasteiger charge is 2.32. The molecular formula is C9H16F3NO. The second kappa shape index (κ2) is 4.19. The molecule has 0 aromatic carbocycles. The van der Waals surface area contributed by atoms with Crippen molar-refractivity contribution in [2.75, 3.05) is 0 Å². The van der Waals surface area contributed by atoms with Crippen molar-refractivity contribution in [1.29, 1.82) is 0 Å². The zero-order chi connectivity index (χ0) is 11.6. The lowest BCUT2D eigenvalue weighted by atomic mass is 9.88. The van der Waals surface area contributed by atoms with Gasteiger partial charge in [0, 0.05) is 6.04 Å². The van der Waals surface area contributed by atoms with Crippen LogP contribution in [0.25, 0.3) is 0 Å². The Hall–Kier alpha value is -0.740. The number of hydrogen-bond acceptors (Lipinski definition) is 1. The van der Waals surface area contributed by atoms with Gasteiger partial charge in [-0.25, -0.2) is 0 Å². The predicted molar refractivity (Wildman–Crippen MR) is 47.7 cm³/mol. The van der Waals surface area contributed by atoms with Gasteiger partial charge in [-0.05, 0) is 12.3 Å². The van der Waals surface area contributed by atoms with Gasteiger partial charge in [0.1, 0.15) is 6.42 Å². The van der Waals surface area contributed by atoms with Gasteiger partial charge < -0.3 is 5.32 Å². The number of alkyl halides is 3. The molecule has 0 heterocycles. The molecule has 0 aromatic heterocycles. The van der Waals surface area contributed by atoms with Gasteiger partial charge in [0.15, 0.2) is 0 Å². The maximum atomic E-state index is 11.8. The first-order valence-electron chi connectivity index (χ1n) is 4.38. The van der Waals surface area contributed by atoms with Crippen molar-refractivity contribution < 1.29 is 18.0 Å². The number of halogens is 3. The Morgan fingerprint density at radius 2 is 1.71 bits per heavy atom. The molecule has 5 heteroatoms. The molecule has 0 aromatic rings. The summed E-state index contributed by atoms with van der Waals surface area (Å²) in [5.74, 6) is -0.972. The van der Waals surface area contributed by atoms with E-state index in [1.54, 1.807) is 6.92 Å². The maximum absolute atomic E-state index is 11.8. The molecule has 14 heavy (non-hydrogen) atoms. The molecule has 0 radical (unpaired) electrons. The fourth-order valence-electron chi connectivity index (χ4n) is 0.691. The van der Waals surface area contributed by atoms with Crippen LogP contribution in [0.4, 0.5) is 13.2 Å². The van der Waals surface area contributed by atoms with E-state index in [0.29, 0.717) is 0 Å². The van der Waals surface area contributed by atoms with Crippen LogP contribution in [0.3, 0.4) is 0 Å². The molecule has 0 saturated heterocycles. The third kappa shape index (κ3) is 5.83. The zero-order valence-electron chi connectivity index (χ0n) is 8.83. The van der Waals surface area contributed by atoms with Crippen LogP contribution < -0.4 is 5.32 Å². The Kier molecular flexibility index (Phi) is 3.97. The van der Waals surface area contributed by atoms with Gasteiger partial charge in [-0.3, -0.25) is 4.79 Å². The van der Waals surface area contributed by atoms with E-state index in [1.165, 1.54) is 0 Å². The van der Waals surface area contributed by atoms with Crippen molar-refractivity contribution in [3.63, 3.8) is 0 Å². The third-order valence-electron chi connectivity index (χ3n) is 2.04. The van der Waals surface area contributed by atoms with Crippen LogP contribution in [0.2, 0.25) is 0 Å². The second-order valence-corrected chi connectivity index (χ2v) is 4.45. The molecule has 0 aliphatic rings. The van der Waals surface area contributed by atoms with Gasteiger partial charge in [0.25, 0.3) is 0 Å². The Labute approximate surface area is 81.9 Å². The summed E-state index contributed by atoms with van der Waals surface area (Å²) >= 11 is 0. The van der Waals surface area contributed by atoms with Crippen LogP contribution in [0.15, 0.2) is 0 Å². The quantitative estimate of drug-likeness (QED) is 0.747. The van der Waals surface area contributed by atoms with E-state index in [2.05, 4.69) is 5.32 Å². The lowest BCUT2D eigenvalue weighted by Crippen LogP contribution is -2.42. The minimum atomic E-state index is -4.43. The Bertz CT molecular complexity index is 205. The molecule has 2 nitrogen and oxygen atoms in total. The number of carbonyl (C=O) groups excluding carboxylic acids is 1. The molecular weight excluding hydrogens is 195 g/mol. The second-order valence-electron chi connectivity index (χ2n) is 4.45. The topological polar surface area (TPSA) is 29.1 Å². The molecule has 1 atom stereocenters. The highest BCUT2D eigenvalue weighted by atomic mass is 19.4. The van der Waals surface area contributed by atoms with Crippen molar-refractivity contribution in [2.24, 2.45) is 5.41 Å². The van der Waals surface area contributed by atoms with E-state index < -0.39 is 18.5 Å². The zero-order valence-corrected chi connectivity index (χ0v) is 8.83. The number of rotatable bonds is 2. The average Bonchev–Trinajstić information content (AvgIpc) is 1.79. The Morgan fingerprint density at radius 3 is 2.00 bits per heavy atom. The van der Waals surface area contributed by atoms with Crippen molar-refractivity contribution in [3.05, 3.63) is 0 Å². The molecule has 0 aliphatic heterocycles. The summed E-state index contributed by atoms with van der Waals surface area (Å²) < 4.78 is 35.4. The molecule has 0 fully saturated rings. The van der Waals surface area contributed by atoms with Crippen molar-refractivity contribution in [2.45, 2.75) is 46.3 Å². The van der Waals surface area contributed by atoms with Crippen LogP contribution in [-0.2, 0) is 4.79 Å². The van der Waals surface area contributed by atoms with E-state index >= 15 is 0 Å². The monoisotopic (exact) mass is 211 g/mol. The molecule has 0 aliphatic carbocycles. The number of amides is 1.